The van der Waals surface area contributed by atoms with Crippen LogP contribution in [0.4, 0.5) is 17.1 Å². The molecule has 0 bridgehead atoms. The molecule has 1 aliphatic heterocycles. The first kappa shape index (κ1) is 27.3. The number of pyridine rings is 1. The monoisotopic (exact) mass is 527 g/mol. The average molecular weight is 528 g/mol. The number of hydrogen-bond acceptors (Lipinski definition) is 8. The van der Waals surface area contributed by atoms with Crippen LogP contribution in [-0.2, 0) is 21.4 Å². The standard InChI is InChI=1S/C26H25N5O4S.Na.H/c27-26-22-7-2-1-6-21(22)25(36(32,33)34)15-24(26)30-29-20-8-9-23(28-16-20)19-5-3-4-18(14-19)17-31-10-12-35-13-11-31;;/h1-9,14-16H,10-13,17,27H2,(H,32,33,34);;. The van der Waals surface area contributed by atoms with Crippen molar-refractivity contribution in [1.82, 2.24) is 9.88 Å². The van der Waals surface area contributed by atoms with Crippen LogP contribution >= 0.6 is 0 Å². The number of nitrogens with two attached hydrogens (primary N) is 1. The fourth-order valence-corrected chi connectivity index (χ4v) is 4.94. The zero-order chi connectivity index (χ0) is 25.1. The summed E-state index contributed by atoms with van der Waals surface area (Å²) in [5, 5.41) is 9.12. The van der Waals surface area contributed by atoms with Gasteiger partial charge in [-0.2, -0.15) is 8.42 Å². The summed E-state index contributed by atoms with van der Waals surface area (Å²) >= 11 is 0. The van der Waals surface area contributed by atoms with E-state index in [2.05, 4.69) is 32.2 Å². The summed E-state index contributed by atoms with van der Waals surface area (Å²) in [4.78, 5) is 6.62. The molecule has 186 valence electrons. The predicted octanol–water partition coefficient (Wildman–Crippen LogP) is 4.33. The minimum atomic E-state index is -4.48. The number of rotatable bonds is 6. The van der Waals surface area contributed by atoms with Crippen LogP contribution in [0, 0.1) is 0 Å². The van der Waals surface area contributed by atoms with Crippen molar-refractivity contribution in [3.8, 4) is 11.3 Å². The Balaban J connectivity index is 0.00000320. The Morgan fingerprint density at radius 2 is 1.73 bits per heavy atom. The van der Waals surface area contributed by atoms with Crippen LogP contribution in [0.5, 0.6) is 0 Å². The summed E-state index contributed by atoms with van der Waals surface area (Å²) in [6.07, 6.45) is 1.59. The molecular weight excluding hydrogens is 501 g/mol. The number of anilines is 1. The van der Waals surface area contributed by atoms with Crippen LogP contribution in [0.3, 0.4) is 0 Å². The Kier molecular flexibility index (Phi) is 8.71. The molecule has 1 aromatic heterocycles. The average Bonchev–Trinajstić information content (AvgIpc) is 2.89. The van der Waals surface area contributed by atoms with Gasteiger partial charge in [-0.3, -0.25) is 14.4 Å². The van der Waals surface area contributed by atoms with E-state index in [0.717, 1.165) is 44.1 Å². The summed E-state index contributed by atoms with van der Waals surface area (Å²) in [5.41, 5.74) is 10.1. The minimum absolute atomic E-state index is 0. The maximum absolute atomic E-state index is 11.9. The second-order valence-corrected chi connectivity index (χ2v) is 9.91. The Morgan fingerprint density at radius 3 is 2.43 bits per heavy atom. The van der Waals surface area contributed by atoms with Crippen molar-refractivity contribution in [1.29, 1.82) is 0 Å². The van der Waals surface area contributed by atoms with Crippen LogP contribution in [0.1, 0.15) is 5.56 Å². The van der Waals surface area contributed by atoms with Crippen molar-refractivity contribution in [3.05, 3.63) is 78.5 Å². The molecule has 3 N–H and O–H groups in total. The first-order chi connectivity index (χ1) is 17.4. The van der Waals surface area contributed by atoms with Gasteiger partial charge in [0.05, 0.1) is 30.8 Å². The van der Waals surface area contributed by atoms with E-state index in [1.807, 2.05) is 18.2 Å². The zero-order valence-corrected chi connectivity index (χ0v) is 20.2. The van der Waals surface area contributed by atoms with Gasteiger partial charge in [0.15, 0.2) is 0 Å². The van der Waals surface area contributed by atoms with E-state index in [4.69, 9.17) is 10.5 Å². The van der Waals surface area contributed by atoms with Gasteiger partial charge >= 0.3 is 29.6 Å². The van der Waals surface area contributed by atoms with Crippen molar-refractivity contribution in [2.45, 2.75) is 11.4 Å². The van der Waals surface area contributed by atoms with Crippen molar-refractivity contribution < 1.29 is 17.7 Å². The SMILES string of the molecule is Nc1c(N=Nc2ccc(-c3cccc(CN4CCOCC4)c3)nc2)cc(S(=O)(=O)O)c2ccccc12.[NaH]. The molecule has 0 unspecified atom stereocenters. The molecule has 2 heterocycles. The van der Waals surface area contributed by atoms with Gasteiger partial charge in [0.25, 0.3) is 10.1 Å². The molecule has 1 aliphatic rings. The number of azo groups is 1. The third kappa shape index (κ3) is 6.42. The van der Waals surface area contributed by atoms with E-state index in [0.29, 0.717) is 16.5 Å². The van der Waals surface area contributed by atoms with E-state index in [1.54, 1.807) is 36.5 Å². The summed E-state index contributed by atoms with van der Waals surface area (Å²) in [5.74, 6) is 0. The van der Waals surface area contributed by atoms with Crippen molar-refractivity contribution in [2.24, 2.45) is 10.2 Å². The fraction of sp³-hybridized carbons (Fsp3) is 0.192. The van der Waals surface area contributed by atoms with Crippen molar-refractivity contribution in [2.75, 3.05) is 32.0 Å². The Bertz CT molecular complexity index is 1540. The van der Waals surface area contributed by atoms with Crippen LogP contribution < -0.4 is 5.73 Å². The summed E-state index contributed by atoms with van der Waals surface area (Å²) in [7, 11) is -4.48. The Labute approximate surface area is 237 Å². The number of nitrogens with zero attached hydrogens (tertiary/aromatic N) is 4. The number of benzene rings is 3. The van der Waals surface area contributed by atoms with E-state index < -0.39 is 10.1 Å². The summed E-state index contributed by atoms with van der Waals surface area (Å²) < 4.78 is 38.9. The third-order valence-electron chi connectivity index (χ3n) is 6.06. The second-order valence-electron chi connectivity index (χ2n) is 8.52. The first-order valence-electron chi connectivity index (χ1n) is 11.4. The molecule has 0 aliphatic carbocycles. The van der Waals surface area contributed by atoms with Gasteiger partial charge in [-0.25, -0.2) is 0 Å². The normalized spacial score (nSPS) is 14.6. The molecule has 0 radical (unpaired) electrons. The molecule has 4 aromatic rings. The number of morpholine rings is 1. The number of nitrogen functional groups attached to an aromatic ring is 1. The van der Waals surface area contributed by atoms with E-state index >= 15 is 0 Å². The van der Waals surface area contributed by atoms with E-state index in [-0.39, 0.29) is 45.8 Å². The molecule has 0 atom stereocenters. The van der Waals surface area contributed by atoms with Crippen LogP contribution in [0.25, 0.3) is 22.0 Å². The van der Waals surface area contributed by atoms with Gasteiger partial charge in [-0.1, -0.05) is 42.5 Å². The maximum atomic E-state index is 11.9. The van der Waals surface area contributed by atoms with Gasteiger partial charge in [0, 0.05) is 36.0 Å². The number of aromatic nitrogens is 1. The van der Waals surface area contributed by atoms with Crippen LogP contribution in [0.15, 0.2) is 88.1 Å². The quantitative estimate of drug-likeness (QED) is 0.165. The van der Waals surface area contributed by atoms with Gasteiger partial charge < -0.3 is 10.5 Å². The predicted molar refractivity (Wildman–Crippen MR) is 145 cm³/mol. The number of fused-ring (bicyclic) bond motifs is 1. The van der Waals surface area contributed by atoms with E-state index in [1.165, 1.54) is 11.6 Å². The molecule has 37 heavy (non-hydrogen) atoms. The zero-order valence-electron chi connectivity index (χ0n) is 19.4. The van der Waals surface area contributed by atoms with Crippen molar-refractivity contribution >= 4 is 67.5 Å². The number of hydrogen-bond donors (Lipinski definition) is 2. The van der Waals surface area contributed by atoms with Gasteiger partial charge in [-0.15, -0.1) is 10.2 Å². The summed E-state index contributed by atoms with van der Waals surface area (Å²) in [6, 6.07) is 19.8. The molecule has 5 rings (SSSR count). The third-order valence-corrected chi connectivity index (χ3v) is 6.95. The van der Waals surface area contributed by atoms with Crippen LogP contribution in [0.2, 0.25) is 0 Å². The molecule has 0 amide bonds. The molecule has 9 nitrogen and oxygen atoms in total. The van der Waals surface area contributed by atoms with Gasteiger partial charge in [-0.05, 0) is 29.8 Å². The van der Waals surface area contributed by atoms with Gasteiger partial charge in [0.1, 0.15) is 16.3 Å². The van der Waals surface area contributed by atoms with E-state index in [9.17, 15) is 13.0 Å². The molecule has 3 aromatic carbocycles. The summed E-state index contributed by atoms with van der Waals surface area (Å²) in [6.45, 7) is 4.24. The van der Waals surface area contributed by atoms with Crippen LogP contribution in [-0.4, -0.2) is 78.7 Å². The Morgan fingerprint density at radius 1 is 0.973 bits per heavy atom. The molecular formula is C26H26N5NaO4S. The first-order valence-corrected chi connectivity index (χ1v) is 12.9. The Hall–Kier alpha value is -2.70. The molecule has 1 fully saturated rings. The number of ether oxygens (including phenoxy) is 1. The molecule has 1 saturated heterocycles. The van der Waals surface area contributed by atoms with Crippen molar-refractivity contribution in [3.63, 3.8) is 0 Å². The molecule has 0 saturated carbocycles. The fourth-order valence-electron chi connectivity index (χ4n) is 4.22. The molecule has 0 spiro atoms. The van der Waals surface area contributed by atoms with Gasteiger partial charge in [0.2, 0.25) is 0 Å². The second kappa shape index (κ2) is 11.8. The topological polar surface area (TPSA) is 130 Å². The molecule has 11 heteroatoms.